The van der Waals surface area contributed by atoms with Crippen LogP contribution in [0.5, 0.6) is 0 Å². The van der Waals surface area contributed by atoms with Crippen molar-refractivity contribution < 1.29 is 14.3 Å². The number of anilines is 2. The van der Waals surface area contributed by atoms with Crippen molar-refractivity contribution in [2.24, 2.45) is 5.92 Å². The van der Waals surface area contributed by atoms with Gasteiger partial charge in [0.1, 0.15) is 0 Å². The topological polar surface area (TPSA) is 65.9 Å². The van der Waals surface area contributed by atoms with Crippen LogP contribution in [0, 0.1) is 5.92 Å². The molecule has 1 unspecified atom stereocenters. The molecule has 2 aromatic rings. The normalized spacial score (nSPS) is 16.8. The summed E-state index contributed by atoms with van der Waals surface area (Å²) in [5.41, 5.74) is 3.28. The van der Waals surface area contributed by atoms with Gasteiger partial charge in [0.2, 0.25) is 0 Å². The Morgan fingerprint density at radius 3 is 2.38 bits per heavy atom. The molecule has 0 radical (unpaired) electrons. The number of rotatable bonds is 6. The predicted octanol–water partition coefficient (Wildman–Crippen LogP) is 6.57. The van der Waals surface area contributed by atoms with Crippen molar-refractivity contribution in [3.05, 3.63) is 53.9 Å². The van der Waals surface area contributed by atoms with Gasteiger partial charge in [-0.25, -0.2) is 4.79 Å². The van der Waals surface area contributed by atoms with Gasteiger partial charge < -0.3 is 14.4 Å². The van der Waals surface area contributed by atoms with E-state index in [1.54, 1.807) is 6.20 Å². The first-order chi connectivity index (χ1) is 15.7. The Bertz CT molecular complexity index is 996. The van der Waals surface area contributed by atoms with Gasteiger partial charge in [-0.15, -0.1) is 0 Å². The first kappa shape index (κ1) is 26.2. The van der Waals surface area contributed by atoms with Gasteiger partial charge in [0, 0.05) is 31.2 Å². The number of aromatic nitrogens is 1. The van der Waals surface area contributed by atoms with Crippen molar-refractivity contribution in [3.8, 4) is 0 Å². The van der Waals surface area contributed by atoms with Crippen LogP contribution in [0.4, 0.5) is 16.2 Å². The van der Waals surface area contributed by atoms with Gasteiger partial charge in [0.05, 0.1) is 23.3 Å². The number of pyridine rings is 1. The van der Waals surface area contributed by atoms with Crippen LogP contribution in [0.1, 0.15) is 52.8 Å². The fourth-order valence-electron chi connectivity index (χ4n) is 4.16. The Labute approximate surface area is 206 Å². The van der Waals surface area contributed by atoms with Crippen molar-refractivity contribution in [1.29, 1.82) is 0 Å². The molecule has 3 rings (SSSR count). The first-order valence-electron chi connectivity index (χ1n) is 12.1. The van der Waals surface area contributed by atoms with Crippen LogP contribution in [0.15, 0.2) is 42.6 Å². The van der Waals surface area contributed by atoms with Gasteiger partial charge in [-0.05, 0) is 57.0 Å². The molecule has 0 saturated heterocycles. The molecule has 1 aromatic carbocycles. The van der Waals surface area contributed by atoms with E-state index in [-0.39, 0.29) is 5.04 Å². The summed E-state index contributed by atoms with van der Waals surface area (Å²) >= 11 is 0. The number of benzene rings is 1. The molecule has 1 aromatic heterocycles. The third-order valence-electron chi connectivity index (χ3n) is 7.06. The quantitative estimate of drug-likeness (QED) is 0.471. The number of fused-ring (bicyclic) bond motifs is 1. The van der Waals surface area contributed by atoms with Crippen LogP contribution in [-0.4, -0.2) is 43.2 Å². The van der Waals surface area contributed by atoms with Crippen molar-refractivity contribution in [2.45, 2.75) is 78.2 Å². The lowest BCUT2D eigenvalue weighted by atomic mass is 9.95. The number of carboxylic acid groups (broad SMARTS) is 1. The molecule has 0 spiro atoms. The lowest BCUT2D eigenvalue weighted by Crippen LogP contribution is -2.46. The molecule has 34 heavy (non-hydrogen) atoms. The summed E-state index contributed by atoms with van der Waals surface area (Å²) in [7, 11) is -1.84. The van der Waals surface area contributed by atoms with Crippen molar-refractivity contribution in [3.63, 3.8) is 0 Å². The summed E-state index contributed by atoms with van der Waals surface area (Å²) in [6, 6.07) is 12.4. The van der Waals surface area contributed by atoms with E-state index in [4.69, 9.17) is 9.41 Å². The molecule has 0 bridgehead atoms. The highest BCUT2D eigenvalue weighted by molar-refractivity contribution is 6.74. The van der Waals surface area contributed by atoms with Gasteiger partial charge in [0.25, 0.3) is 0 Å². The first-order valence-corrected chi connectivity index (χ1v) is 15.0. The number of hydrogen-bond acceptors (Lipinski definition) is 4. The lowest BCUT2D eigenvalue weighted by Gasteiger charge is -2.40. The Morgan fingerprint density at radius 1 is 1.18 bits per heavy atom. The summed E-state index contributed by atoms with van der Waals surface area (Å²) < 4.78 is 6.58. The molecule has 7 heteroatoms. The molecule has 0 fully saturated rings. The van der Waals surface area contributed by atoms with Crippen LogP contribution in [0.2, 0.25) is 18.1 Å². The molecule has 1 N–H and O–H groups in total. The third-order valence-corrected chi connectivity index (χ3v) is 11.6. The maximum Gasteiger partial charge on any atom is 0.412 e. The van der Waals surface area contributed by atoms with Gasteiger partial charge in [0.15, 0.2) is 8.32 Å². The lowest BCUT2D eigenvalue weighted by molar-refractivity contribution is 0.195. The third kappa shape index (κ3) is 5.99. The van der Waals surface area contributed by atoms with Crippen LogP contribution in [0.3, 0.4) is 0 Å². The predicted molar refractivity (Wildman–Crippen MR) is 142 cm³/mol. The largest absolute Gasteiger partial charge is 0.465 e. The Morgan fingerprint density at radius 2 is 1.82 bits per heavy atom. The smallest absolute Gasteiger partial charge is 0.412 e. The van der Waals surface area contributed by atoms with Crippen molar-refractivity contribution in [2.75, 3.05) is 23.0 Å². The standard InChI is InChI=1S/C27H41N3O3Si/c1-26(2,3)30(25(31)32)22-15-24-23(28-16-22)14-21(19-33-34(7,8)27(4,5)6)18-29(24)17-20-12-10-9-11-13-20/h9-13,15-16,21H,14,17-19H2,1-8H3,(H,31,32). The molecule has 1 amide bonds. The Kier molecular flexibility index (Phi) is 7.48. The fraction of sp³-hybridized carbons (Fsp3) is 0.556. The maximum atomic E-state index is 12.1. The molecule has 0 saturated carbocycles. The minimum absolute atomic E-state index is 0.170. The van der Waals surface area contributed by atoms with E-state index in [9.17, 15) is 9.90 Å². The summed E-state index contributed by atoms with van der Waals surface area (Å²) in [6.07, 6.45) is 1.56. The summed E-state index contributed by atoms with van der Waals surface area (Å²) in [5.74, 6) is 0.335. The second kappa shape index (κ2) is 9.70. The van der Waals surface area contributed by atoms with Gasteiger partial charge in [-0.3, -0.25) is 9.88 Å². The monoisotopic (exact) mass is 483 g/mol. The molecule has 6 nitrogen and oxygen atoms in total. The second-order valence-corrected chi connectivity index (χ2v) is 16.8. The minimum Gasteiger partial charge on any atom is -0.465 e. The zero-order valence-corrected chi connectivity index (χ0v) is 23.1. The Hall–Kier alpha value is -2.38. The van der Waals surface area contributed by atoms with E-state index in [2.05, 4.69) is 63.0 Å². The zero-order valence-electron chi connectivity index (χ0n) is 22.1. The van der Waals surface area contributed by atoms with Gasteiger partial charge in [-0.1, -0.05) is 51.1 Å². The highest BCUT2D eigenvalue weighted by atomic mass is 28.4. The highest BCUT2D eigenvalue weighted by Gasteiger charge is 2.38. The SMILES string of the molecule is CC(C)(C)N(C(=O)O)c1cnc2c(c1)N(Cc1ccccc1)CC(CO[Si](C)(C)C(C)(C)C)C2. The van der Waals surface area contributed by atoms with E-state index < -0.39 is 19.9 Å². The van der Waals surface area contributed by atoms with Crippen molar-refractivity contribution in [1.82, 2.24) is 4.98 Å². The van der Waals surface area contributed by atoms with Crippen LogP contribution < -0.4 is 9.80 Å². The number of amides is 1. The van der Waals surface area contributed by atoms with Crippen LogP contribution in [-0.2, 0) is 17.4 Å². The maximum absolute atomic E-state index is 12.1. The van der Waals surface area contributed by atoms with Crippen LogP contribution in [0.25, 0.3) is 0 Å². The molecule has 1 atom stereocenters. The molecule has 1 aliphatic rings. The molecule has 2 heterocycles. The average Bonchev–Trinajstić information content (AvgIpc) is 2.71. The van der Waals surface area contributed by atoms with Crippen LogP contribution >= 0.6 is 0 Å². The summed E-state index contributed by atoms with van der Waals surface area (Å²) in [6.45, 7) is 19.4. The molecular formula is C27H41N3O3Si. The zero-order chi connectivity index (χ0) is 25.3. The van der Waals surface area contributed by atoms with E-state index >= 15 is 0 Å². The van der Waals surface area contributed by atoms with Crippen molar-refractivity contribution >= 4 is 25.8 Å². The molecule has 186 valence electrons. The molecule has 1 aliphatic heterocycles. The minimum atomic E-state index is -1.84. The molecular weight excluding hydrogens is 442 g/mol. The number of nitrogens with zero attached hydrogens (tertiary/aromatic N) is 3. The van der Waals surface area contributed by atoms with E-state index in [0.717, 1.165) is 30.9 Å². The highest BCUT2D eigenvalue weighted by Crippen LogP contribution is 2.38. The van der Waals surface area contributed by atoms with E-state index in [1.807, 2.05) is 32.9 Å². The second-order valence-electron chi connectivity index (χ2n) is 12.0. The number of hydrogen-bond donors (Lipinski definition) is 1. The molecule has 0 aliphatic carbocycles. The fourth-order valence-corrected chi connectivity index (χ4v) is 5.25. The van der Waals surface area contributed by atoms with Gasteiger partial charge >= 0.3 is 6.09 Å². The van der Waals surface area contributed by atoms with Gasteiger partial charge in [-0.2, -0.15) is 0 Å². The van der Waals surface area contributed by atoms with E-state index in [0.29, 0.717) is 18.2 Å². The summed E-state index contributed by atoms with van der Waals surface area (Å²) in [4.78, 5) is 20.6. The summed E-state index contributed by atoms with van der Waals surface area (Å²) in [5, 5.41) is 10.1. The Balaban J connectivity index is 1.93. The average molecular weight is 484 g/mol. The number of carbonyl (C=O) groups is 1. The van der Waals surface area contributed by atoms with E-state index in [1.165, 1.54) is 10.5 Å².